The summed E-state index contributed by atoms with van der Waals surface area (Å²) in [6.45, 7) is 1.90. The van der Waals surface area contributed by atoms with Crippen LogP contribution in [0.3, 0.4) is 0 Å². The first kappa shape index (κ1) is 32.0. The number of carbonyl (C=O) groups is 3. The molecular formula is C34H34ClN7O5. The molecule has 6 rings (SSSR count). The maximum Gasteiger partial charge on any atom is 0.335 e. The van der Waals surface area contributed by atoms with Crippen molar-refractivity contribution in [2.24, 2.45) is 0 Å². The van der Waals surface area contributed by atoms with E-state index < -0.39 is 24.0 Å². The Labute approximate surface area is 276 Å². The number of tetrazole rings is 1. The quantitative estimate of drug-likeness (QED) is 0.226. The first-order valence-corrected chi connectivity index (χ1v) is 15.8. The molecule has 3 aromatic carbocycles. The Morgan fingerprint density at radius 2 is 1.79 bits per heavy atom. The number of hydrogen-bond acceptors (Lipinski definition) is 8. The average molecular weight is 656 g/mol. The van der Waals surface area contributed by atoms with Crippen molar-refractivity contribution in [1.29, 1.82) is 0 Å². The number of carbonyl (C=O) groups excluding carboxylic acids is 2. The Balaban J connectivity index is 1.35. The zero-order chi connectivity index (χ0) is 32.8. The van der Waals surface area contributed by atoms with E-state index in [1.807, 2.05) is 30.3 Å². The summed E-state index contributed by atoms with van der Waals surface area (Å²) in [4.78, 5) is 41.3. The highest BCUT2D eigenvalue weighted by Crippen LogP contribution is 2.34. The molecule has 13 heteroatoms. The fourth-order valence-corrected chi connectivity index (χ4v) is 6.34. The van der Waals surface area contributed by atoms with Crippen molar-refractivity contribution in [3.05, 3.63) is 107 Å². The van der Waals surface area contributed by atoms with Gasteiger partial charge >= 0.3 is 5.97 Å². The van der Waals surface area contributed by atoms with Gasteiger partial charge in [-0.3, -0.25) is 9.59 Å². The minimum Gasteiger partial charge on any atom is -0.478 e. The zero-order valence-electron chi connectivity index (χ0n) is 25.4. The highest BCUT2D eigenvalue weighted by atomic mass is 35.5. The van der Waals surface area contributed by atoms with Gasteiger partial charge in [0.2, 0.25) is 11.8 Å². The number of carboxylic acid groups (broad SMARTS) is 1. The molecular weight excluding hydrogens is 622 g/mol. The number of piperidine rings is 2. The average Bonchev–Trinajstić information content (AvgIpc) is 3.63. The standard InChI is InChI=1S/C34H34ClN7O5/c35-26-9-12-29(42-21-37-39-40-42)24(18-26)8-13-31(43)41-20-25(22-4-2-1-3-5-22)19-30(47-28-14-16-36-17-15-28)32(41)33(44)38-27-10-6-23(7-11-27)34(45)46/h1-13,18,21,25,28,30,32,36H,14-17,19-20H2,(H,38,44)(H,45,46). The predicted octanol–water partition coefficient (Wildman–Crippen LogP) is 4.19. The number of benzene rings is 3. The molecule has 3 heterocycles. The number of ether oxygens (including phenoxy) is 1. The van der Waals surface area contributed by atoms with Crippen LogP contribution in [0.15, 0.2) is 85.2 Å². The Morgan fingerprint density at radius 1 is 1.02 bits per heavy atom. The molecule has 0 aliphatic carbocycles. The summed E-state index contributed by atoms with van der Waals surface area (Å²) in [7, 11) is 0. The Morgan fingerprint density at radius 3 is 2.49 bits per heavy atom. The summed E-state index contributed by atoms with van der Waals surface area (Å²) in [5.74, 6) is -1.95. The number of amides is 2. The molecule has 3 N–H and O–H groups in total. The molecule has 2 fully saturated rings. The van der Waals surface area contributed by atoms with Gasteiger partial charge < -0.3 is 25.4 Å². The lowest BCUT2D eigenvalue weighted by Crippen LogP contribution is -2.59. The zero-order valence-corrected chi connectivity index (χ0v) is 26.2. The summed E-state index contributed by atoms with van der Waals surface area (Å²) in [6.07, 6.45) is 5.96. The topological polar surface area (TPSA) is 152 Å². The first-order chi connectivity index (χ1) is 22.9. The lowest BCUT2D eigenvalue weighted by atomic mass is 9.84. The van der Waals surface area contributed by atoms with Crippen LogP contribution in [0, 0.1) is 0 Å². The van der Waals surface area contributed by atoms with Gasteiger partial charge in [-0.25, -0.2) is 4.79 Å². The molecule has 242 valence electrons. The molecule has 12 nitrogen and oxygen atoms in total. The minimum atomic E-state index is -1.07. The second-order valence-electron chi connectivity index (χ2n) is 11.6. The first-order valence-electron chi connectivity index (χ1n) is 15.4. The van der Waals surface area contributed by atoms with Crippen molar-refractivity contribution in [2.75, 3.05) is 25.0 Å². The molecule has 47 heavy (non-hydrogen) atoms. The van der Waals surface area contributed by atoms with Gasteiger partial charge in [0.25, 0.3) is 0 Å². The Bertz CT molecular complexity index is 1730. The molecule has 0 spiro atoms. The number of hydrogen-bond donors (Lipinski definition) is 3. The fourth-order valence-electron chi connectivity index (χ4n) is 6.16. The van der Waals surface area contributed by atoms with E-state index in [2.05, 4.69) is 26.2 Å². The molecule has 1 aromatic heterocycles. The molecule has 2 aliphatic heterocycles. The van der Waals surface area contributed by atoms with Gasteiger partial charge in [0.1, 0.15) is 12.4 Å². The Hall–Kier alpha value is -4.91. The molecule has 0 bridgehead atoms. The second-order valence-corrected chi connectivity index (χ2v) is 12.0. The van der Waals surface area contributed by atoms with Gasteiger partial charge in [0.05, 0.1) is 23.5 Å². The van der Waals surface area contributed by atoms with Crippen molar-refractivity contribution in [2.45, 2.75) is 43.4 Å². The van der Waals surface area contributed by atoms with Crippen LogP contribution in [0.5, 0.6) is 0 Å². The molecule has 4 aromatic rings. The van der Waals surface area contributed by atoms with Gasteiger partial charge in [-0.15, -0.1) is 5.10 Å². The molecule has 2 aliphatic rings. The van der Waals surface area contributed by atoms with Crippen molar-refractivity contribution in [1.82, 2.24) is 30.4 Å². The number of aromatic carboxylic acids is 1. The van der Waals surface area contributed by atoms with E-state index in [9.17, 15) is 19.5 Å². The number of anilines is 1. The predicted molar refractivity (Wildman–Crippen MR) is 175 cm³/mol. The fraction of sp³-hybridized carbons (Fsp3) is 0.294. The number of nitrogens with one attached hydrogen (secondary N) is 2. The molecule has 3 unspecified atom stereocenters. The van der Waals surface area contributed by atoms with Gasteiger partial charge in [-0.1, -0.05) is 41.9 Å². The van der Waals surface area contributed by atoms with E-state index >= 15 is 0 Å². The van der Waals surface area contributed by atoms with Crippen LogP contribution in [-0.4, -0.2) is 85.9 Å². The van der Waals surface area contributed by atoms with E-state index in [1.54, 1.807) is 29.2 Å². The lowest BCUT2D eigenvalue weighted by molar-refractivity contribution is -0.150. The monoisotopic (exact) mass is 655 g/mol. The van der Waals surface area contributed by atoms with E-state index in [4.69, 9.17) is 16.3 Å². The lowest BCUT2D eigenvalue weighted by Gasteiger charge is -2.44. The number of rotatable bonds is 9. The highest BCUT2D eigenvalue weighted by Gasteiger charge is 2.44. The summed E-state index contributed by atoms with van der Waals surface area (Å²) in [5, 5.41) is 27.4. The minimum absolute atomic E-state index is 0.0706. The van der Waals surface area contributed by atoms with Crippen LogP contribution in [0.2, 0.25) is 5.02 Å². The van der Waals surface area contributed by atoms with Gasteiger partial charge in [-0.2, -0.15) is 4.68 Å². The number of halogens is 1. The van der Waals surface area contributed by atoms with Crippen LogP contribution in [0.4, 0.5) is 5.69 Å². The molecule has 2 amide bonds. The van der Waals surface area contributed by atoms with Crippen LogP contribution in [0.1, 0.15) is 46.7 Å². The van der Waals surface area contributed by atoms with Gasteiger partial charge in [0.15, 0.2) is 0 Å². The molecule has 0 saturated carbocycles. The summed E-state index contributed by atoms with van der Waals surface area (Å²) >= 11 is 6.31. The van der Waals surface area contributed by atoms with Crippen molar-refractivity contribution in [3.63, 3.8) is 0 Å². The number of nitrogens with zero attached hydrogens (tertiary/aromatic N) is 5. The van der Waals surface area contributed by atoms with E-state index in [1.165, 1.54) is 41.4 Å². The number of likely N-dealkylation sites (tertiary alicyclic amines) is 1. The smallest absolute Gasteiger partial charge is 0.335 e. The normalized spacial score (nSPS) is 20.3. The largest absolute Gasteiger partial charge is 0.478 e. The third-order valence-electron chi connectivity index (χ3n) is 8.49. The highest BCUT2D eigenvalue weighted by molar-refractivity contribution is 6.30. The molecule has 0 radical (unpaired) electrons. The van der Waals surface area contributed by atoms with Crippen LogP contribution in [0.25, 0.3) is 11.8 Å². The van der Waals surface area contributed by atoms with Crippen molar-refractivity contribution < 1.29 is 24.2 Å². The number of carboxylic acids is 1. The second kappa shape index (κ2) is 14.7. The maximum atomic E-state index is 14.2. The van der Waals surface area contributed by atoms with E-state index in [0.717, 1.165) is 31.5 Å². The van der Waals surface area contributed by atoms with Crippen molar-refractivity contribution in [3.8, 4) is 5.69 Å². The van der Waals surface area contributed by atoms with E-state index in [-0.39, 0.29) is 30.0 Å². The Kier molecular flexibility index (Phi) is 10.0. The molecule has 2 saturated heterocycles. The maximum absolute atomic E-state index is 14.2. The van der Waals surface area contributed by atoms with Crippen LogP contribution in [-0.2, 0) is 14.3 Å². The van der Waals surface area contributed by atoms with Crippen molar-refractivity contribution >= 4 is 41.1 Å². The SMILES string of the molecule is O=C(O)c1ccc(NC(=O)C2C(OC3CCNCC3)CC(c3ccccc3)CN2C(=O)C=Cc2cc(Cl)ccc2-n2cnnn2)cc1. The summed E-state index contributed by atoms with van der Waals surface area (Å²) < 4.78 is 8.17. The third-order valence-corrected chi connectivity index (χ3v) is 8.72. The van der Waals surface area contributed by atoms with Crippen LogP contribution < -0.4 is 10.6 Å². The molecule has 3 atom stereocenters. The summed E-state index contributed by atoms with van der Waals surface area (Å²) in [6, 6.07) is 20.0. The number of aromatic nitrogens is 4. The van der Waals surface area contributed by atoms with E-state index in [0.29, 0.717) is 28.4 Å². The van der Waals surface area contributed by atoms with Crippen LogP contribution >= 0.6 is 11.6 Å². The third kappa shape index (κ3) is 7.74. The summed E-state index contributed by atoms with van der Waals surface area (Å²) in [5.41, 5.74) is 2.79. The van der Waals surface area contributed by atoms with Gasteiger partial charge in [0, 0.05) is 34.8 Å². The van der Waals surface area contributed by atoms with Gasteiger partial charge in [-0.05, 0) is 96.9 Å².